The summed E-state index contributed by atoms with van der Waals surface area (Å²) in [5.41, 5.74) is 3.33. The van der Waals surface area contributed by atoms with Gasteiger partial charge in [0.1, 0.15) is 0 Å². The van der Waals surface area contributed by atoms with E-state index in [-0.39, 0.29) is 5.56 Å². The summed E-state index contributed by atoms with van der Waals surface area (Å²) in [6.45, 7) is 1.92. The average Bonchev–Trinajstić information content (AvgIpc) is 2.95. The maximum Gasteiger partial charge on any atom is 0.337 e. The van der Waals surface area contributed by atoms with Gasteiger partial charge < -0.3 is 9.67 Å². The SMILES string of the molecule is CCc1c(C(=O)O)cc(-c2ccc(Br)cc2)n1-c1ccc(Cl)cc1Cl. The number of aromatic nitrogens is 1. The molecule has 0 saturated heterocycles. The molecule has 0 aliphatic carbocycles. The van der Waals surface area contributed by atoms with Gasteiger partial charge >= 0.3 is 5.97 Å². The average molecular weight is 439 g/mol. The van der Waals surface area contributed by atoms with Gasteiger partial charge in [0.05, 0.1) is 22.0 Å². The van der Waals surface area contributed by atoms with Crippen molar-refractivity contribution < 1.29 is 9.90 Å². The molecule has 1 aromatic heterocycles. The van der Waals surface area contributed by atoms with Crippen LogP contribution in [0.2, 0.25) is 10.0 Å². The van der Waals surface area contributed by atoms with E-state index in [1.165, 1.54) is 0 Å². The highest BCUT2D eigenvalue weighted by Gasteiger charge is 2.22. The first kappa shape index (κ1) is 18.1. The molecule has 1 N–H and O–H groups in total. The van der Waals surface area contributed by atoms with Crippen molar-refractivity contribution in [3.63, 3.8) is 0 Å². The number of benzene rings is 2. The molecular weight excluding hydrogens is 425 g/mol. The Kier molecular flexibility index (Phi) is 5.23. The van der Waals surface area contributed by atoms with Crippen LogP contribution < -0.4 is 0 Å². The van der Waals surface area contributed by atoms with Crippen LogP contribution in [0.3, 0.4) is 0 Å². The fourth-order valence-corrected chi connectivity index (χ4v) is 3.61. The normalized spacial score (nSPS) is 10.9. The fraction of sp³-hybridized carbons (Fsp3) is 0.105. The Morgan fingerprint density at radius 2 is 1.80 bits per heavy atom. The number of aromatic carboxylic acids is 1. The molecule has 0 spiro atoms. The molecule has 3 rings (SSSR count). The first-order chi connectivity index (χ1) is 11.9. The first-order valence-corrected chi connectivity index (χ1v) is 9.16. The molecule has 128 valence electrons. The van der Waals surface area contributed by atoms with Crippen molar-refractivity contribution in [2.75, 3.05) is 0 Å². The minimum Gasteiger partial charge on any atom is -0.478 e. The minimum atomic E-state index is -0.959. The van der Waals surface area contributed by atoms with Crippen LogP contribution in [0.1, 0.15) is 23.0 Å². The maximum absolute atomic E-state index is 11.7. The lowest BCUT2D eigenvalue weighted by Gasteiger charge is -2.15. The van der Waals surface area contributed by atoms with Crippen molar-refractivity contribution in [2.45, 2.75) is 13.3 Å². The molecular formula is C19H14BrCl2NO2. The van der Waals surface area contributed by atoms with E-state index in [1.807, 2.05) is 35.8 Å². The van der Waals surface area contributed by atoms with Gasteiger partial charge in [-0.1, -0.05) is 58.2 Å². The third kappa shape index (κ3) is 3.47. The molecule has 0 aliphatic heterocycles. The number of halogens is 3. The van der Waals surface area contributed by atoms with E-state index in [4.69, 9.17) is 23.2 Å². The smallest absolute Gasteiger partial charge is 0.337 e. The number of rotatable bonds is 4. The molecule has 0 aliphatic rings. The highest BCUT2D eigenvalue weighted by molar-refractivity contribution is 9.10. The number of hydrogen-bond donors (Lipinski definition) is 1. The molecule has 0 bridgehead atoms. The van der Waals surface area contributed by atoms with E-state index >= 15 is 0 Å². The maximum atomic E-state index is 11.7. The van der Waals surface area contributed by atoms with Gasteiger partial charge in [0.2, 0.25) is 0 Å². The zero-order valence-corrected chi connectivity index (χ0v) is 16.4. The molecule has 2 aromatic carbocycles. The number of carboxylic acid groups (broad SMARTS) is 1. The monoisotopic (exact) mass is 437 g/mol. The number of carboxylic acids is 1. The largest absolute Gasteiger partial charge is 0.478 e. The molecule has 1 heterocycles. The molecule has 0 amide bonds. The van der Waals surface area contributed by atoms with Crippen molar-refractivity contribution >= 4 is 45.1 Å². The molecule has 0 unspecified atom stereocenters. The van der Waals surface area contributed by atoms with Crippen molar-refractivity contribution in [1.29, 1.82) is 0 Å². The molecule has 0 fully saturated rings. The number of nitrogens with zero attached hydrogens (tertiary/aromatic N) is 1. The van der Waals surface area contributed by atoms with Crippen molar-refractivity contribution in [3.05, 3.63) is 74.3 Å². The summed E-state index contributed by atoms with van der Waals surface area (Å²) in [4.78, 5) is 11.7. The van der Waals surface area contributed by atoms with Gasteiger partial charge in [-0.05, 0) is 48.4 Å². The van der Waals surface area contributed by atoms with E-state index in [1.54, 1.807) is 24.3 Å². The Morgan fingerprint density at radius 3 is 2.36 bits per heavy atom. The summed E-state index contributed by atoms with van der Waals surface area (Å²) in [5.74, 6) is -0.959. The molecule has 0 saturated carbocycles. The van der Waals surface area contributed by atoms with Crippen LogP contribution in [0.15, 0.2) is 53.0 Å². The van der Waals surface area contributed by atoms with Crippen LogP contribution >= 0.6 is 39.1 Å². The summed E-state index contributed by atoms with van der Waals surface area (Å²) >= 11 is 15.8. The Balaban J connectivity index is 2.34. The van der Waals surface area contributed by atoms with Crippen LogP contribution in [0.4, 0.5) is 0 Å². The first-order valence-electron chi connectivity index (χ1n) is 7.61. The van der Waals surface area contributed by atoms with E-state index < -0.39 is 5.97 Å². The summed E-state index contributed by atoms with van der Waals surface area (Å²) in [7, 11) is 0. The zero-order chi connectivity index (χ0) is 18.1. The molecule has 3 nitrogen and oxygen atoms in total. The fourth-order valence-electron chi connectivity index (χ4n) is 2.86. The quantitative estimate of drug-likeness (QED) is 0.506. The Bertz CT molecular complexity index is 949. The summed E-state index contributed by atoms with van der Waals surface area (Å²) < 4.78 is 2.85. The lowest BCUT2D eigenvalue weighted by molar-refractivity contribution is 0.0696. The third-order valence-corrected chi connectivity index (χ3v) is 5.03. The molecule has 0 radical (unpaired) electrons. The molecule has 6 heteroatoms. The lowest BCUT2D eigenvalue weighted by atomic mass is 10.1. The summed E-state index contributed by atoms with van der Waals surface area (Å²) in [6.07, 6.45) is 0.553. The van der Waals surface area contributed by atoms with E-state index in [9.17, 15) is 9.90 Å². The molecule has 0 atom stereocenters. The van der Waals surface area contributed by atoms with Crippen molar-refractivity contribution in [2.24, 2.45) is 0 Å². The van der Waals surface area contributed by atoms with Crippen molar-refractivity contribution in [3.8, 4) is 16.9 Å². The Morgan fingerprint density at radius 1 is 1.12 bits per heavy atom. The predicted molar refractivity (Wildman–Crippen MR) is 105 cm³/mol. The standard InChI is InChI=1S/C19H14BrCl2NO2/c1-2-16-14(19(24)25)10-18(11-3-5-12(20)6-4-11)23(16)17-8-7-13(21)9-15(17)22/h3-10H,2H2,1H3,(H,24,25). The summed E-state index contributed by atoms with van der Waals surface area (Å²) in [5, 5.41) is 10.6. The van der Waals surface area contributed by atoms with E-state index in [0.717, 1.165) is 15.7 Å². The van der Waals surface area contributed by atoms with Gasteiger partial charge in [-0.25, -0.2) is 4.79 Å². The minimum absolute atomic E-state index is 0.270. The van der Waals surface area contributed by atoms with Gasteiger partial charge in [0, 0.05) is 15.2 Å². The van der Waals surface area contributed by atoms with Crippen LogP contribution in [-0.4, -0.2) is 15.6 Å². The second-order valence-electron chi connectivity index (χ2n) is 5.49. The number of hydrogen-bond acceptors (Lipinski definition) is 1. The number of carbonyl (C=O) groups is 1. The summed E-state index contributed by atoms with van der Waals surface area (Å²) in [6, 6.07) is 14.6. The van der Waals surface area contributed by atoms with Crippen LogP contribution in [0.5, 0.6) is 0 Å². The van der Waals surface area contributed by atoms with Gasteiger partial charge in [0.15, 0.2) is 0 Å². The second kappa shape index (κ2) is 7.24. The van der Waals surface area contributed by atoms with Crippen LogP contribution in [0, 0.1) is 0 Å². The predicted octanol–water partition coefficient (Wildman–Crippen LogP) is 6.47. The second-order valence-corrected chi connectivity index (χ2v) is 7.25. The lowest BCUT2D eigenvalue weighted by Crippen LogP contribution is -2.06. The zero-order valence-electron chi connectivity index (χ0n) is 13.3. The van der Waals surface area contributed by atoms with Gasteiger partial charge in [-0.3, -0.25) is 0 Å². The van der Waals surface area contributed by atoms with E-state index in [2.05, 4.69) is 15.9 Å². The van der Waals surface area contributed by atoms with Gasteiger partial charge in [-0.2, -0.15) is 0 Å². The highest BCUT2D eigenvalue weighted by Crippen LogP contribution is 2.34. The topological polar surface area (TPSA) is 42.2 Å². The highest BCUT2D eigenvalue weighted by atomic mass is 79.9. The van der Waals surface area contributed by atoms with Gasteiger partial charge in [-0.15, -0.1) is 0 Å². The van der Waals surface area contributed by atoms with Crippen molar-refractivity contribution in [1.82, 2.24) is 4.57 Å². The molecule has 3 aromatic rings. The third-order valence-electron chi connectivity index (χ3n) is 3.96. The van der Waals surface area contributed by atoms with Gasteiger partial charge in [0.25, 0.3) is 0 Å². The molecule has 25 heavy (non-hydrogen) atoms. The Hall–Kier alpha value is -1.75. The Labute approximate surface area is 163 Å². The van der Waals surface area contributed by atoms with Crippen LogP contribution in [-0.2, 0) is 6.42 Å². The van der Waals surface area contributed by atoms with Crippen LogP contribution in [0.25, 0.3) is 16.9 Å². The van der Waals surface area contributed by atoms with E-state index in [0.29, 0.717) is 27.8 Å².